The van der Waals surface area contributed by atoms with Crippen molar-refractivity contribution in [3.8, 4) is 0 Å². The molecule has 4 aliphatic carbocycles. The molecule has 0 bridgehead atoms. The van der Waals surface area contributed by atoms with Gasteiger partial charge in [0.25, 0.3) is 0 Å². The van der Waals surface area contributed by atoms with Crippen molar-refractivity contribution >= 4 is 0 Å². The third kappa shape index (κ3) is 2.13. The Morgan fingerprint density at radius 3 is 2.65 bits per heavy atom. The van der Waals surface area contributed by atoms with E-state index in [1.807, 2.05) is 0 Å². The average molecular weight is 319 g/mol. The third-order valence-corrected chi connectivity index (χ3v) is 8.71. The van der Waals surface area contributed by atoms with Gasteiger partial charge in [0.05, 0.1) is 12.2 Å². The molecule has 0 amide bonds. The van der Waals surface area contributed by atoms with E-state index in [9.17, 15) is 10.2 Å². The van der Waals surface area contributed by atoms with Gasteiger partial charge in [-0.2, -0.15) is 0 Å². The molecule has 2 N–H and O–H groups in total. The van der Waals surface area contributed by atoms with E-state index < -0.39 is 0 Å². The quantitative estimate of drug-likeness (QED) is 0.707. The monoisotopic (exact) mass is 318 g/mol. The molecule has 0 aromatic carbocycles. The number of rotatable bonds is 1. The average Bonchev–Trinajstić information content (AvgIpc) is 2.83. The van der Waals surface area contributed by atoms with Crippen LogP contribution in [0.4, 0.5) is 0 Å². The summed E-state index contributed by atoms with van der Waals surface area (Å²) in [5, 5.41) is 21.3. The van der Waals surface area contributed by atoms with E-state index in [0.29, 0.717) is 17.3 Å². The van der Waals surface area contributed by atoms with Crippen molar-refractivity contribution in [2.45, 2.75) is 84.3 Å². The Labute approximate surface area is 141 Å². The van der Waals surface area contributed by atoms with Crippen molar-refractivity contribution in [2.24, 2.45) is 34.5 Å². The summed E-state index contributed by atoms with van der Waals surface area (Å²) in [5.74, 6) is 2.73. The number of aliphatic hydroxyl groups excluding tert-OH is 2. The lowest BCUT2D eigenvalue weighted by molar-refractivity contribution is -0.130. The fourth-order valence-electron chi connectivity index (χ4n) is 7.61. The Morgan fingerprint density at radius 2 is 1.91 bits per heavy atom. The Hall–Kier alpha value is -0.340. The van der Waals surface area contributed by atoms with Crippen molar-refractivity contribution in [3.05, 3.63) is 11.6 Å². The Kier molecular flexibility index (Phi) is 3.74. The maximum Gasteiger partial charge on any atom is 0.0724 e. The SMILES string of the molecule is CCC1CCC2C3CCC4=CC(O)CCC4(C)C3C(O)CC12C. The van der Waals surface area contributed by atoms with Crippen LogP contribution in [0.15, 0.2) is 11.6 Å². The van der Waals surface area contributed by atoms with Crippen LogP contribution in [0.5, 0.6) is 0 Å². The van der Waals surface area contributed by atoms with Crippen LogP contribution in [-0.4, -0.2) is 22.4 Å². The van der Waals surface area contributed by atoms with Gasteiger partial charge in [-0.1, -0.05) is 38.8 Å². The lowest BCUT2D eigenvalue weighted by Gasteiger charge is -2.60. The first-order valence-corrected chi connectivity index (χ1v) is 9.97. The molecule has 0 heterocycles. The first-order chi connectivity index (χ1) is 10.9. The normalized spacial score (nSPS) is 55.6. The standard InChI is InChI=1S/C21H34O2/c1-4-13-6-8-17-16-7-5-14-11-15(22)9-10-20(14,2)19(16)18(23)12-21(13,17)3/h11,13,15-19,22-23H,4-10,12H2,1-3H3. The van der Waals surface area contributed by atoms with Gasteiger partial charge in [-0.3, -0.25) is 0 Å². The smallest absolute Gasteiger partial charge is 0.0724 e. The maximum atomic E-state index is 11.2. The van der Waals surface area contributed by atoms with Gasteiger partial charge in [0, 0.05) is 0 Å². The topological polar surface area (TPSA) is 40.5 Å². The van der Waals surface area contributed by atoms with Gasteiger partial charge in [0.1, 0.15) is 0 Å². The summed E-state index contributed by atoms with van der Waals surface area (Å²) in [6.45, 7) is 7.21. The highest BCUT2D eigenvalue weighted by Gasteiger charge is 2.61. The van der Waals surface area contributed by atoms with Gasteiger partial charge in [-0.05, 0) is 79.4 Å². The van der Waals surface area contributed by atoms with Gasteiger partial charge in [0.2, 0.25) is 0 Å². The Morgan fingerprint density at radius 1 is 1.13 bits per heavy atom. The zero-order chi connectivity index (χ0) is 16.4. The summed E-state index contributed by atoms with van der Waals surface area (Å²) < 4.78 is 0. The van der Waals surface area contributed by atoms with Crippen LogP contribution in [0.2, 0.25) is 0 Å². The van der Waals surface area contributed by atoms with Crippen molar-refractivity contribution in [1.82, 2.24) is 0 Å². The number of hydrogen-bond donors (Lipinski definition) is 2. The van der Waals surface area contributed by atoms with Crippen molar-refractivity contribution in [1.29, 1.82) is 0 Å². The first-order valence-electron chi connectivity index (χ1n) is 9.97. The molecular formula is C21H34O2. The molecule has 8 atom stereocenters. The predicted molar refractivity (Wildman–Crippen MR) is 92.9 cm³/mol. The van der Waals surface area contributed by atoms with E-state index in [-0.39, 0.29) is 17.6 Å². The number of fused-ring (bicyclic) bond motifs is 5. The lowest BCUT2D eigenvalue weighted by atomic mass is 9.46. The molecule has 3 saturated carbocycles. The van der Waals surface area contributed by atoms with Crippen molar-refractivity contribution in [2.75, 3.05) is 0 Å². The summed E-state index contributed by atoms with van der Waals surface area (Å²) in [4.78, 5) is 0. The maximum absolute atomic E-state index is 11.2. The molecule has 2 heteroatoms. The zero-order valence-corrected chi connectivity index (χ0v) is 15.1. The summed E-state index contributed by atoms with van der Waals surface area (Å²) in [5.41, 5.74) is 1.94. The second-order valence-corrected chi connectivity index (χ2v) is 9.51. The second kappa shape index (κ2) is 5.33. The Balaban J connectivity index is 1.71. The highest BCUT2D eigenvalue weighted by Crippen LogP contribution is 2.67. The van der Waals surface area contributed by atoms with E-state index in [1.54, 1.807) is 0 Å². The Bertz CT molecular complexity index is 512. The summed E-state index contributed by atoms with van der Waals surface area (Å²) in [6, 6.07) is 0. The van der Waals surface area contributed by atoms with Gasteiger partial charge in [-0.15, -0.1) is 0 Å². The molecule has 4 aliphatic rings. The second-order valence-electron chi connectivity index (χ2n) is 9.51. The molecule has 4 rings (SSSR count). The summed E-state index contributed by atoms with van der Waals surface area (Å²) in [6.07, 6.45) is 11.0. The fraction of sp³-hybridized carbons (Fsp3) is 0.905. The molecule has 0 aliphatic heterocycles. The molecule has 0 saturated heterocycles. The molecule has 23 heavy (non-hydrogen) atoms. The zero-order valence-electron chi connectivity index (χ0n) is 15.1. The van der Waals surface area contributed by atoms with Gasteiger partial charge in [-0.25, -0.2) is 0 Å². The number of hydrogen-bond acceptors (Lipinski definition) is 2. The molecular weight excluding hydrogens is 284 g/mol. The van der Waals surface area contributed by atoms with E-state index in [2.05, 4.69) is 26.8 Å². The summed E-state index contributed by atoms with van der Waals surface area (Å²) >= 11 is 0. The first kappa shape index (κ1) is 16.1. The van der Waals surface area contributed by atoms with Crippen LogP contribution in [0.25, 0.3) is 0 Å². The van der Waals surface area contributed by atoms with Crippen LogP contribution >= 0.6 is 0 Å². The van der Waals surface area contributed by atoms with E-state index >= 15 is 0 Å². The van der Waals surface area contributed by atoms with Crippen LogP contribution in [-0.2, 0) is 0 Å². The third-order valence-electron chi connectivity index (χ3n) is 8.71. The van der Waals surface area contributed by atoms with Crippen LogP contribution in [0.3, 0.4) is 0 Å². The fourth-order valence-corrected chi connectivity index (χ4v) is 7.61. The van der Waals surface area contributed by atoms with Gasteiger partial charge >= 0.3 is 0 Å². The molecule has 0 aromatic rings. The largest absolute Gasteiger partial charge is 0.393 e. The van der Waals surface area contributed by atoms with E-state index in [0.717, 1.165) is 37.5 Å². The minimum Gasteiger partial charge on any atom is -0.393 e. The van der Waals surface area contributed by atoms with E-state index in [4.69, 9.17) is 0 Å². The lowest BCUT2D eigenvalue weighted by Crippen LogP contribution is -2.56. The minimum absolute atomic E-state index is 0.132. The molecule has 2 nitrogen and oxygen atoms in total. The molecule has 0 spiro atoms. The summed E-state index contributed by atoms with van der Waals surface area (Å²) in [7, 11) is 0. The highest BCUT2D eigenvalue weighted by atomic mass is 16.3. The molecule has 3 fully saturated rings. The van der Waals surface area contributed by atoms with Crippen LogP contribution < -0.4 is 0 Å². The molecule has 8 unspecified atom stereocenters. The van der Waals surface area contributed by atoms with Crippen LogP contribution in [0.1, 0.15) is 72.1 Å². The minimum atomic E-state index is -0.253. The molecule has 130 valence electrons. The van der Waals surface area contributed by atoms with Crippen LogP contribution in [0, 0.1) is 34.5 Å². The molecule has 0 aromatic heterocycles. The predicted octanol–water partition coefficient (Wildman–Crippen LogP) is 4.31. The van der Waals surface area contributed by atoms with Gasteiger partial charge in [0.15, 0.2) is 0 Å². The highest BCUT2D eigenvalue weighted by molar-refractivity contribution is 5.26. The number of allylic oxidation sites excluding steroid dienone is 1. The van der Waals surface area contributed by atoms with Crippen molar-refractivity contribution in [3.63, 3.8) is 0 Å². The van der Waals surface area contributed by atoms with E-state index in [1.165, 1.54) is 31.3 Å². The van der Waals surface area contributed by atoms with Gasteiger partial charge < -0.3 is 10.2 Å². The molecule has 0 radical (unpaired) electrons. The van der Waals surface area contributed by atoms with Crippen molar-refractivity contribution < 1.29 is 10.2 Å². The number of aliphatic hydroxyl groups is 2.